The molecule has 1 saturated heterocycles. The van der Waals surface area contributed by atoms with Crippen molar-refractivity contribution in [3.63, 3.8) is 0 Å². The minimum atomic E-state index is 0.0332. The normalized spacial score (nSPS) is 16.5. The van der Waals surface area contributed by atoms with E-state index in [2.05, 4.69) is 27.9 Å². The van der Waals surface area contributed by atoms with Crippen LogP contribution in [0.1, 0.15) is 51.5 Å². The Morgan fingerprint density at radius 3 is 2.78 bits per heavy atom. The zero-order valence-electron chi connectivity index (χ0n) is 18.9. The van der Waals surface area contributed by atoms with Gasteiger partial charge in [-0.25, -0.2) is 9.97 Å². The van der Waals surface area contributed by atoms with Gasteiger partial charge in [-0.2, -0.15) is 5.26 Å². The summed E-state index contributed by atoms with van der Waals surface area (Å²) in [5.41, 5.74) is 1.14. The topological polar surface area (TPSA) is 82.3 Å². The lowest BCUT2D eigenvalue weighted by atomic mass is 9.96. The number of halogens is 1. The van der Waals surface area contributed by atoms with Gasteiger partial charge in [-0.1, -0.05) is 30.7 Å². The van der Waals surface area contributed by atoms with Gasteiger partial charge in [0.15, 0.2) is 11.6 Å². The molecule has 1 fully saturated rings. The van der Waals surface area contributed by atoms with E-state index >= 15 is 0 Å². The third-order valence-electron chi connectivity index (χ3n) is 5.72. The van der Waals surface area contributed by atoms with Gasteiger partial charge in [-0.05, 0) is 37.5 Å². The van der Waals surface area contributed by atoms with Gasteiger partial charge < -0.3 is 19.3 Å². The predicted molar refractivity (Wildman–Crippen MR) is 127 cm³/mol. The number of aromatic nitrogens is 2. The molecule has 0 bridgehead atoms. The molecule has 8 heteroatoms. The Hall–Kier alpha value is -2.85. The Labute approximate surface area is 195 Å². The zero-order chi connectivity index (χ0) is 23.1. The van der Waals surface area contributed by atoms with Crippen molar-refractivity contribution in [3.05, 3.63) is 41.2 Å². The van der Waals surface area contributed by atoms with Crippen molar-refractivity contribution >= 4 is 29.0 Å². The smallest absolute Gasteiger partial charge is 0.153 e. The van der Waals surface area contributed by atoms with Gasteiger partial charge in [0.2, 0.25) is 0 Å². The number of carbonyl (C=O) groups is 1. The Bertz CT molecular complexity index is 960. The molecule has 2 heterocycles. The summed E-state index contributed by atoms with van der Waals surface area (Å²) in [7, 11) is 0. The average molecular weight is 456 g/mol. The van der Waals surface area contributed by atoms with Crippen LogP contribution in [0.2, 0.25) is 5.02 Å². The van der Waals surface area contributed by atoms with Gasteiger partial charge >= 0.3 is 0 Å². The number of ether oxygens (including phenoxy) is 1. The van der Waals surface area contributed by atoms with Crippen LogP contribution in [-0.2, 0) is 4.79 Å². The van der Waals surface area contributed by atoms with Crippen molar-refractivity contribution in [2.24, 2.45) is 0 Å². The van der Waals surface area contributed by atoms with Gasteiger partial charge in [0.05, 0.1) is 19.0 Å². The van der Waals surface area contributed by atoms with Gasteiger partial charge in [-0.3, -0.25) is 0 Å². The van der Waals surface area contributed by atoms with Crippen molar-refractivity contribution in [2.45, 2.75) is 52.1 Å². The standard InChI is InChI=1S/C24H30ClN5O2/c1-4-29(12-5-11-26)23-22(25)24(28-16-27-23)30-13-10-21(15-30)32-20-8-6-19(7-9-20)17(2)14-18(3)31/h6-9,16-17,21H,4-5,10,12-15H2,1-3H3/t17-,21-/m1/s1. The fraction of sp³-hybridized carbons (Fsp3) is 0.500. The first kappa shape index (κ1) is 23.8. The minimum Gasteiger partial charge on any atom is -0.489 e. The Balaban J connectivity index is 1.64. The quantitative estimate of drug-likeness (QED) is 0.517. The summed E-state index contributed by atoms with van der Waals surface area (Å²) in [6.45, 7) is 8.47. The van der Waals surface area contributed by atoms with Crippen LogP contribution in [0.25, 0.3) is 0 Å². The second-order valence-corrected chi connectivity index (χ2v) is 8.55. The van der Waals surface area contributed by atoms with Gasteiger partial charge in [0.25, 0.3) is 0 Å². The van der Waals surface area contributed by atoms with E-state index in [4.69, 9.17) is 21.6 Å². The number of nitriles is 1. The van der Waals surface area contributed by atoms with Crippen LogP contribution >= 0.6 is 11.6 Å². The molecule has 2 atom stereocenters. The first-order valence-electron chi connectivity index (χ1n) is 11.1. The number of rotatable bonds is 10. The van der Waals surface area contributed by atoms with Crippen molar-refractivity contribution < 1.29 is 9.53 Å². The SMILES string of the molecule is CCN(CCC#N)c1ncnc(N2CC[C@@H](Oc3ccc([C@H](C)CC(C)=O)cc3)C2)c1Cl. The van der Waals surface area contributed by atoms with Crippen molar-refractivity contribution in [1.82, 2.24) is 9.97 Å². The zero-order valence-corrected chi connectivity index (χ0v) is 19.7. The molecule has 1 aliphatic heterocycles. The molecule has 0 radical (unpaired) electrons. The fourth-order valence-corrected chi connectivity index (χ4v) is 4.36. The Morgan fingerprint density at radius 1 is 1.38 bits per heavy atom. The number of hydrogen-bond acceptors (Lipinski definition) is 7. The first-order chi connectivity index (χ1) is 15.4. The first-order valence-corrected chi connectivity index (χ1v) is 11.4. The summed E-state index contributed by atoms with van der Waals surface area (Å²) in [5.74, 6) is 2.58. The fourth-order valence-electron chi connectivity index (χ4n) is 4.02. The predicted octanol–water partition coefficient (Wildman–Crippen LogP) is 4.61. The Kier molecular flexibility index (Phi) is 8.29. The highest BCUT2D eigenvalue weighted by atomic mass is 35.5. The lowest BCUT2D eigenvalue weighted by Gasteiger charge is -2.25. The van der Waals surface area contributed by atoms with Crippen LogP contribution in [-0.4, -0.2) is 48.0 Å². The lowest BCUT2D eigenvalue weighted by molar-refractivity contribution is -0.117. The number of anilines is 2. The van der Waals surface area contributed by atoms with Crippen LogP contribution in [0.5, 0.6) is 5.75 Å². The van der Waals surface area contributed by atoms with E-state index in [9.17, 15) is 4.79 Å². The number of Topliss-reactive ketones (excluding diaryl/α,β-unsaturated/α-hetero) is 1. The summed E-state index contributed by atoms with van der Waals surface area (Å²) >= 11 is 6.68. The van der Waals surface area contributed by atoms with E-state index in [0.717, 1.165) is 24.3 Å². The molecule has 2 aromatic rings. The third kappa shape index (κ3) is 5.89. The summed E-state index contributed by atoms with van der Waals surface area (Å²) in [6, 6.07) is 10.2. The number of hydrogen-bond donors (Lipinski definition) is 0. The van der Waals surface area contributed by atoms with E-state index in [1.807, 2.05) is 36.1 Å². The molecule has 1 aromatic carbocycles. The summed E-state index contributed by atoms with van der Waals surface area (Å²) in [5, 5.41) is 9.41. The van der Waals surface area contributed by atoms with E-state index in [-0.39, 0.29) is 17.8 Å². The van der Waals surface area contributed by atoms with Crippen LogP contribution in [0.15, 0.2) is 30.6 Å². The second-order valence-electron chi connectivity index (χ2n) is 8.17. The van der Waals surface area contributed by atoms with Gasteiger partial charge in [0.1, 0.15) is 29.0 Å². The highest BCUT2D eigenvalue weighted by molar-refractivity contribution is 6.35. The average Bonchev–Trinajstić information content (AvgIpc) is 3.23. The summed E-state index contributed by atoms with van der Waals surface area (Å²) in [4.78, 5) is 24.3. The number of carbonyl (C=O) groups excluding carboxylic acids is 1. The lowest BCUT2D eigenvalue weighted by Crippen LogP contribution is -2.28. The molecule has 1 aromatic heterocycles. The molecule has 3 rings (SSSR count). The highest BCUT2D eigenvalue weighted by Crippen LogP contribution is 2.34. The Morgan fingerprint density at radius 2 is 2.12 bits per heavy atom. The molecule has 0 saturated carbocycles. The van der Waals surface area contributed by atoms with Crippen molar-refractivity contribution in [3.8, 4) is 11.8 Å². The van der Waals surface area contributed by atoms with Crippen molar-refractivity contribution in [1.29, 1.82) is 5.26 Å². The third-order valence-corrected chi connectivity index (χ3v) is 6.06. The molecule has 0 unspecified atom stereocenters. The highest BCUT2D eigenvalue weighted by Gasteiger charge is 2.28. The molecule has 170 valence electrons. The molecule has 0 aliphatic carbocycles. The van der Waals surface area contributed by atoms with Crippen LogP contribution in [0, 0.1) is 11.3 Å². The molecule has 1 aliphatic rings. The maximum Gasteiger partial charge on any atom is 0.153 e. The van der Waals surface area contributed by atoms with Crippen LogP contribution in [0.4, 0.5) is 11.6 Å². The van der Waals surface area contributed by atoms with Gasteiger partial charge in [-0.15, -0.1) is 0 Å². The summed E-state index contributed by atoms with van der Waals surface area (Å²) < 4.78 is 6.19. The number of benzene rings is 1. The second kappa shape index (κ2) is 11.1. The van der Waals surface area contributed by atoms with E-state index < -0.39 is 0 Å². The number of ketones is 1. The molecular formula is C24H30ClN5O2. The maximum atomic E-state index is 11.4. The van der Waals surface area contributed by atoms with E-state index in [0.29, 0.717) is 49.1 Å². The van der Waals surface area contributed by atoms with Crippen LogP contribution in [0.3, 0.4) is 0 Å². The molecule has 32 heavy (non-hydrogen) atoms. The largest absolute Gasteiger partial charge is 0.489 e. The molecule has 0 spiro atoms. The number of nitrogens with zero attached hydrogens (tertiary/aromatic N) is 5. The van der Waals surface area contributed by atoms with E-state index in [1.54, 1.807) is 6.92 Å². The molecule has 0 amide bonds. The molecular weight excluding hydrogens is 426 g/mol. The van der Waals surface area contributed by atoms with Crippen molar-refractivity contribution in [2.75, 3.05) is 36.0 Å². The monoisotopic (exact) mass is 455 g/mol. The minimum absolute atomic E-state index is 0.0332. The maximum absolute atomic E-state index is 11.4. The molecule has 7 nitrogen and oxygen atoms in total. The molecule has 0 N–H and O–H groups in total. The van der Waals surface area contributed by atoms with Gasteiger partial charge in [0, 0.05) is 32.5 Å². The van der Waals surface area contributed by atoms with E-state index in [1.165, 1.54) is 6.33 Å². The van der Waals surface area contributed by atoms with Crippen LogP contribution < -0.4 is 14.5 Å². The summed E-state index contributed by atoms with van der Waals surface area (Å²) in [6.07, 6.45) is 3.39.